The molecule has 0 bridgehead atoms. The zero-order valence-electron chi connectivity index (χ0n) is 14.5. The van der Waals surface area contributed by atoms with E-state index in [1.807, 2.05) is 11.9 Å². The van der Waals surface area contributed by atoms with Crippen LogP contribution in [0.2, 0.25) is 0 Å². The van der Waals surface area contributed by atoms with Gasteiger partial charge in [-0.3, -0.25) is 9.79 Å². The maximum atomic E-state index is 12.4. The van der Waals surface area contributed by atoms with Crippen molar-refractivity contribution in [2.45, 2.75) is 32.4 Å². The molecular formula is C17H26N4O2S. The number of ether oxygens (including phenoxy) is 1. The van der Waals surface area contributed by atoms with Gasteiger partial charge in [0.15, 0.2) is 5.96 Å². The summed E-state index contributed by atoms with van der Waals surface area (Å²) in [6.07, 6.45) is 1.65. The Morgan fingerprint density at radius 2 is 2.08 bits per heavy atom. The van der Waals surface area contributed by atoms with Crippen LogP contribution in [0.25, 0.3) is 0 Å². The Labute approximate surface area is 147 Å². The van der Waals surface area contributed by atoms with Crippen LogP contribution in [0, 0.1) is 6.92 Å². The maximum Gasteiger partial charge on any atom is 0.251 e. The summed E-state index contributed by atoms with van der Waals surface area (Å²) < 4.78 is 5.51. The van der Waals surface area contributed by atoms with Gasteiger partial charge >= 0.3 is 0 Å². The number of rotatable bonds is 3. The van der Waals surface area contributed by atoms with Crippen molar-refractivity contribution in [2.75, 3.05) is 39.8 Å². The van der Waals surface area contributed by atoms with Crippen LogP contribution < -0.4 is 5.32 Å². The van der Waals surface area contributed by atoms with Crippen molar-refractivity contribution in [3.63, 3.8) is 0 Å². The zero-order valence-corrected chi connectivity index (χ0v) is 15.3. The third kappa shape index (κ3) is 4.08. The molecule has 1 aromatic heterocycles. The molecule has 24 heavy (non-hydrogen) atoms. The minimum atomic E-state index is -0.212. The molecule has 0 spiro atoms. The van der Waals surface area contributed by atoms with Gasteiger partial charge in [-0.25, -0.2) is 0 Å². The largest absolute Gasteiger partial charge is 0.368 e. The number of carbonyl (C=O) groups excluding carboxylic acids is 1. The van der Waals surface area contributed by atoms with E-state index < -0.39 is 0 Å². The quantitative estimate of drug-likeness (QED) is 0.662. The highest BCUT2D eigenvalue weighted by atomic mass is 32.1. The van der Waals surface area contributed by atoms with E-state index in [9.17, 15) is 4.79 Å². The average Bonchev–Trinajstić information content (AvgIpc) is 3.27. The lowest BCUT2D eigenvalue weighted by Crippen LogP contribution is -2.55. The third-order valence-corrected chi connectivity index (χ3v) is 5.53. The number of guanidine groups is 1. The van der Waals surface area contributed by atoms with Crippen LogP contribution in [0.1, 0.15) is 22.6 Å². The Bertz CT molecular complexity index is 587. The van der Waals surface area contributed by atoms with E-state index in [4.69, 9.17) is 4.74 Å². The number of piperazine rings is 1. The average molecular weight is 350 g/mol. The summed E-state index contributed by atoms with van der Waals surface area (Å²) in [6, 6.07) is 4.29. The summed E-state index contributed by atoms with van der Waals surface area (Å²) in [5, 5.41) is 3.43. The number of hydrogen-bond donors (Lipinski definition) is 1. The molecule has 2 aliphatic rings. The normalized spacial score (nSPS) is 22.1. The van der Waals surface area contributed by atoms with Gasteiger partial charge in [-0.15, -0.1) is 11.3 Å². The molecule has 132 valence electrons. The molecule has 1 N–H and O–H groups in total. The fourth-order valence-electron chi connectivity index (χ4n) is 3.19. The van der Waals surface area contributed by atoms with Crippen LogP contribution in [0.3, 0.4) is 0 Å². The highest BCUT2D eigenvalue weighted by molar-refractivity contribution is 7.11. The fraction of sp³-hybridized carbons (Fsp3) is 0.647. The van der Waals surface area contributed by atoms with E-state index in [-0.39, 0.29) is 12.0 Å². The lowest BCUT2D eigenvalue weighted by molar-refractivity contribution is -0.142. The number of thiophene rings is 1. The second-order valence-corrected chi connectivity index (χ2v) is 7.60. The number of aryl methyl sites for hydroxylation is 1. The van der Waals surface area contributed by atoms with Crippen LogP contribution in [-0.2, 0) is 16.1 Å². The van der Waals surface area contributed by atoms with Gasteiger partial charge in [-0.1, -0.05) is 0 Å². The molecule has 6 nitrogen and oxygen atoms in total. The molecule has 0 aromatic carbocycles. The number of aliphatic imine (C=N–C) groups is 1. The monoisotopic (exact) mass is 350 g/mol. The van der Waals surface area contributed by atoms with Crippen molar-refractivity contribution in [1.82, 2.24) is 15.1 Å². The lowest BCUT2D eigenvalue weighted by atomic mass is 10.2. The van der Waals surface area contributed by atoms with E-state index in [0.29, 0.717) is 0 Å². The molecule has 0 aliphatic carbocycles. The number of amides is 1. The van der Waals surface area contributed by atoms with Gasteiger partial charge in [-0.05, 0) is 31.9 Å². The highest BCUT2D eigenvalue weighted by Gasteiger charge is 2.30. The molecular weight excluding hydrogens is 324 g/mol. The Hall–Kier alpha value is -1.60. The Balaban J connectivity index is 1.48. The van der Waals surface area contributed by atoms with Crippen LogP contribution in [0.15, 0.2) is 17.1 Å². The molecule has 2 aliphatic heterocycles. The number of nitrogens with one attached hydrogen (secondary N) is 1. The van der Waals surface area contributed by atoms with Crippen molar-refractivity contribution in [3.8, 4) is 0 Å². The molecule has 2 saturated heterocycles. The van der Waals surface area contributed by atoms with Gasteiger partial charge in [0, 0.05) is 49.6 Å². The smallest absolute Gasteiger partial charge is 0.251 e. The Morgan fingerprint density at radius 3 is 2.67 bits per heavy atom. The fourth-order valence-corrected chi connectivity index (χ4v) is 4.02. The summed E-state index contributed by atoms with van der Waals surface area (Å²) in [5.41, 5.74) is 0. The van der Waals surface area contributed by atoms with Crippen molar-refractivity contribution < 1.29 is 9.53 Å². The first-order valence-corrected chi connectivity index (χ1v) is 9.40. The molecule has 3 rings (SSSR count). The Kier molecular flexibility index (Phi) is 5.73. The van der Waals surface area contributed by atoms with E-state index >= 15 is 0 Å². The predicted octanol–water partition coefficient (Wildman–Crippen LogP) is 1.46. The predicted molar refractivity (Wildman–Crippen MR) is 96.4 cm³/mol. The van der Waals surface area contributed by atoms with E-state index in [1.54, 1.807) is 11.3 Å². The summed E-state index contributed by atoms with van der Waals surface area (Å²) in [4.78, 5) is 23.6. The molecule has 1 amide bonds. The van der Waals surface area contributed by atoms with Gasteiger partial charge < -0.3 is 19.9 Å². The summed E-state index contributed by atoms with van der Waals surface area (Å²) in [7, 11) is 1.81. The minimum absolute atomic E-state index is 0.157. The topological polar surface area (TPSA) is 57.2 Å². The minimum Gasteiger partial charge on any atom is -0.368 e. The molecule has 1 unspecified atom stereocenters. The first kappa shape index (κ1) is 17.2. The molecule has 1 atom stereocenters. The summed E-state index contributed by atoms with van der Waals surface area (Å²) >= 11 is 1.80. The number of hydrogen-bond acceptors (Lipinski definition) is 4. The maximum absolute atomic E-state index is 12.4. The first-order chi connectivity index (χ1) is 11.7. The second kappa shape index (κ2) is 7.98. The van der Waals surface area contributed by atoms with Crippen molar-refractivity contribution >= 4 is 23.2 Å². The molecule has 1 aromatic rings. The van der Waals surface area contributed by atoms with Gasteiger partial charge in [-0.2, -0.15) is 0 Å². The molecule has 7 heteroatoms. The molecule has 3 heterocycles. The van der Waals surface area contributed by atoms with Crippen LogP contribution in [0.4, 0.5) is 0 Å². The van der Waals surface area contributed by atoms with Gasteiger partial charge in [0.05, 0.1) is 6.54 Å². The summed E-state index contributed by atoms with van der Waals surface area (Å²) in [6.45, 7) is 6.71. The van der Waals surface area contributed by atoms with E-state index in [1.165, 1.54) is 9.75 Å². The molecule has 0 radical (unpaired) electrons. The second-order valence-electron chi connectivity index (χ2n) is 6.23. The number of nitrogens with zero attached hydrogens (tertiary/aromatic N) is 3. The zero-order chi connectivity index (χ0) is 16.9. The van der Waals surface area contributed by atoms with Crippen molar-refractivity contribution in [3.05, 3.63) is 21.9 Å². The van der Waals surface area contributed by atoms with Gasteiger partial charge in [0.2, 0.25) is 0 Å². The van der Waals surface area contributed by atoms with Crippen molar-refractivity contribution in [2.24, 2.45) is 4.99 Å². The van der Waals surface area contributed by atoms with Gasteiger partial charge in [0.1, 0.15) is 6.10 Å². The molecule has 2 fully saturated rings. The van der Waals surface area contributed by atoms with Crippen LogP contribution in [-0.4, -0.2) is 67.6 Å². The molecule has 0 saturated carbocycles. The first-order valence-electron chi connectivity index (χ1n) is 8.58. The SMILES string of the molecule is CN=C(NCc1ccc(C)s1)N1CCN(C(=O)C2CCCO2)CC1. The van der Waals surface area contributed by atoms with Crippen molar-refractivity contribution in [1.29, 1.82) is 0 Å². The summed E-state index contributed by atoms with van der Waals surface area (Å²) in [5.74, 6) is 1.06. The number of carbonyl (C=O) groups is 1. The van der Waals surface area contributed by atoms with Crippen LogP contribution in [0.5, 0.6) is 0 Å². The standard InChI is InChI=1S/C17H26N4O2S/c1-13-5-6-14(24-13)12-19-17(18-2)21-9-7-20(8-10-21)16(22)15-4-3-11-23-15/h5-6,15H,3-4,7-12H2,1-2H3,(H,18,19). The highest BCUT2D eigenvalue weighted by Crippen LogP contribution is 2.17. The lowest BCUT2D eigenvalue weighted by Gasteiger charge is -2.37. The van der Waals surface area contributed by atoms with Crippen LogP contribution >= 0.6 is 11.3 Å². The van der Waals surface area contributed by atoms with E-state index in [0.717, 1.165) is 58.1 Å². The van der Waals surface area contributed by atoms with Gasteiger partial charge in [0.25, 0.3) is 5.91 Å². The Morgan fingerprint density at radius 1 is 1.33 bits per heavy atom. The third-order valence-electron chi connectivity index (χ3n) is 4.52. The van der Waals surface area contributed by atoms with E-state index in [2.05, 4.69) is 34.3 Å².